The Balaban J connectivity index is 1.98. The van der Waals surface area contributed by atoms with Crippen LogP contribution in [0.15, 0.2) is 17.0 Å². The fraction of sp³-hybridized carbons (Fsp3) is 0.538. The van der Waals surface area contributed by atoms with Gasteiger partial charge in [-0.1, -0.05) is 6.07 Å². The number of hydrogen-bond acceptors (Lipinski definition) is 4. The highest BCUT2D eigenvalue weighted by molar-refractivity contribution is 7.98. The molecular formula is C13H17NO2S. The van der Waals surface area contributed by atoms with Gasteiger partial charge >= 0.3 is 0 Å². The Morgan fingerprint density at radius 2 is 2.29 bits per heavy atom. The van der Waals surface area contributed by atoms with E-state index in [1.807, 2.05) is 6.07 Å². The average Bonchev–Trinajstić information content (AvgIpc) is 2.86. The molecule has 0 amide bonds. The Kier molecular flexibility index (Phi) is 3.16. The number of nitrogens with one attached hydrogen (secondary N) is 1. The number of piperidine rings is 1. The number of fused-ring (bicyclic) bond motifs is 1. The van der Waals surface area contributed by atoms with Gasteiger partial charge in [-0.2, -0.15) is 0 Å². The Labute approximate surface area is 106 Å². The summed E-state index contributed by atoms with van der Waals surface area (Å²) in [7, 11) is 0. The zero-order chi connectivity index (χ0) is 11.7. The zero-order valence-electron chi connectivity index (χ0n) is 9.99. The molecule has 17 heavy (non-hydrogen) atoms. The van der Waals surface area contributed by atoms with E-state index in [9.17, 15) is 0 Å². The lowest BCUT2D eigenvalue weighted by molar-refractivity contribution is 0.172. The molecule has 1 N–H and O–H groups in total. The number of hydrogen-bond donors (Lipinski definition) is 1. The normalized spacial score (nSPS) is 22.8. The molecule has 3 rings (SSSR count). The van der Waals surface area contributed by atoms with Crippen LogP contribution in [0.1, 0.15) is 24.3 Å². The molecular weight excluding hydrogens is 234 g/mol. The lowest BCUT2D eigenvalue weighted by atomic mass is 9.91. The smallest absolute Gasteiger partial charge is 0.231 e. The van der Waals surface area contributed by atoms with Crippen LogP contribution in [-0.4, -0.2) is 26.1 Å². The summed E-state index contributed by atoms with van der Waals surface area (Å²) in [5, 5.41) is 3.47. The third-order valence-electron chi connectivity index (χ3n) is 3.46. The van der Waals surface area contributed by atoms with Gasteiger partial charge in [0.2, 0.25) is 6.79 Å². The maximum Gasteiger partial charge on any atom is 0.231 e. The second-order valence-corrected chi connectivity index (χ2v) is 5.28. The summed E-state index contributed by atoms with van der Waals surface area (Å²) in [5.74, 6) is 2.45. The summed E-state index contributed by atoms with van der Waals surface area (Å²) < 4.78 is 11.0. The van der Waals surface area contributed by atoms with Crippen LogP contribution in [0.3, 0.4) is 0 Å². The van der Waals surface area contributed by atoms with Gasteiger partial charge in [0.1, 0.15) is 0 Å². The minimum atomic E-state index is 0.356. The molecule has 2 aliphatic heterocycles. The van der Waals surface area contributed by atoms with Crippen molar-refractivity contribution < 1.29 is 9.47 Å². The molecule has 0 aliphatic carbocycles. The molecule has 1 unspecified atom stereocenters. The standard InChI is InChI=1S/C13H17NO2S/c1-17-13-10(9-3-2-6-14-7-9)4-5-11-12(13)16-8-15-11/h4-5,9,14H,2-3,6-8H2,1H3. The van der Waals surface area contributed by atoms with Gasteiger partial charge in [0.05, 0.1) is 4.90 Å². The summed E-state index contributed by atoms with van der Waals surface area (Å²) in [6.45, 7) is 2.58. The number of ether oxygens (including phenoxy) is 2. The second-order valence-electron chi connectivity index (χ2n) is 4.47. The number of rotatable bonds is 2. The maximum absolute atomic E-state index is 5.59. The molecule has 0 radical (unpaired) electrons. The van der Waals surface area contributed by atoms with Gasteiger partial charge in [0, 0.05) is 6.54 Å². The number of thioether (sulfide) groups is 1. The van der Waals surface area contributed by atoms with Crippen LogP contribution in [0, 0.1) is 0 Å². The van der Waals surface area contributed by atoms with Crippen LogP contribution in [0.25, 0.3) is 0 Å². The van der Waals surface area contributed by atoms with Crippen LogP contribution in [0.4, 0.5) is 0 Å². The first-order valence-corrected chi connectivity index (χ1v) is 7.30. The van der Waals surface area contributed by atoms with Gasteiger partial charge in [-0.15, -0.1) is 11.8 Å². The fourth-order valence-electron chi connectivity index (χ4n) is 2.61. The molecule has 0 aromatic heterocycles. The van der Waals surface area contributed by atoms with Crippen LogP contribution in [-0.2, 0) is 0 Å². The van der Waals surface area contributed by atoms with E-state index in [-0.39, 0.29) is 0 Å². The molecule has 2 heterocycles. The highest BCUT2D eigenvalue weighted by Gasteiger charge is 2.25. The minimum Gasteiger partial charge on any atom is -0.454 e. The summed E-state index contributed by atoms with van der Waals surface area (Å²) >= 11 is 1.76. The third-order valence-corrected chi connectivity index (χ3v) is 4.29. The predicted molar refractivity (Wildman–Crippen MR) is 69.2 cm³/mol. The summed E-state index contributed by atoms with van der Waals surface area (Å²) in [5.41, 5.74) is 1.41. The second kappa shape index (κ2) is 4.78. The van der Waals surface area contributed by atoms with Crippen molar-refractivity contribution in [1.82, 2.24) is 5.32 Å². The van der Waals surface area contributed by atoms with E-state index in [1.165, 1.54) is 23.3 Å². The van der Waals surface area contributed by atoms with Crippen LogP contribution in [0.2, 0.25) is 0 Å². The summed E-state index contributed by atoms with van der Waals surface area (Å²) in [6.07, 6.45) is 4.63. The zero-order valence-corrected chi connectivity index (χ0v) is 10.8. The van der Waals surface area contributed by atoms with Gasteiger partial charge in [-0.05, 0) is 43.2 Å². The van der Waals surface area contributed by atoms with E-state index in [2.05, 4.69) is 17.6 Å². The quantitative estimate of drug-likeness (QED) is 0.818. The van der Waals surface area contributed by atoms with Crippen molar-refractivity contribution in [3.63, 3.8) is 0 Å². The molecule has 2 aliphatic rings. The monoisotopic (exact) mass is 251 g/mol. The van der Waals surface area contributed by atoms with Crippen molar-refractivity contribution in [3.05, 3.63) is 17.7 Å². The van der Waals surface area contributed by atoms with E-state index < -0.39 is 0 Å². The molecule has 1 aromatic carbocycles. The van der Waals surface area contributed by atoms with Crippen molar-refractivity contribution >= 4 is 11.8 Å². The summed E-state index contributed by atoms with van der Waals surface area (Å²) in [6, 6.07) is 4.25. The molecule has 1 saturated heterocycles. The topological polar surface area (TPSA) is 30.5 Å². The van der Waals surface area contributed by atoms with E-state index >= 15 is 0 Å². The van der Waals surface area contributed by atoms with Crippen molar-refractivity contribution in [1.29, 1.82) is 0 Å². The molecule has 0 saturated carbocycles. The van der Waals surface area contributed by atoms with Crippen LogP contribution in [0.5, 0.6) is 11.5 Å². The first-order valence-electron chi connectivity index (χ1n) is 6.07. The Bertz CT molecular complexity index is 416. The fourth-order valence-corrected chi connectivity index (χ4v) is 3.43. The van der Waals surface area contributed by atoms with Gasteiger partial charge in [0.15, 0.2) is 11.5 Å². The molecule has 0 bridgehead atoms. The first kappa shape index (κ1) is 11.2. The lowest BCUT2D eigenvalue weighted by Gasteiger charge is -2.25. The molecule has 4 heteroatoms. The van der Waals surface area contributed by atoms with E-state index in [0.717, 1.165) is 24.6 Å². The van der Waals surface area contributed by atoms with Crippen molar-refractivity contribution in [3.8, 4) is 11.5 Å². The van der Waals surface area contributed by atoms with E-state index in [4.69, 9.17) is 9.47 Å². The van der Waals surface area contributed by atoms with E-state index in [1.54, 1.807) is 11.8 Å². The SMILES string of the molecule is CSc1c(C2CCCNC2)ccc2c1OCO2. The molecule has 1 fully saturated rings. The van der Waals surface area contributed by atoms with Gasteiger partial charge in [-0.25, -0.2) is 0 Å². The summed E-state index contributed by atoms with van der Waals surface area (Å²) in [4.78, 5) is 1.26. The van der Waals surface area contributed by atoms with Gasteiger partial charge in [0.25, 0.3) is 0 Å². The molecule has 1 aromatic rings. The first-order chi connectivity index (χ1) is 8.40. The number of benzene rings is 1. The Morgan fingerprint density at radius 3 is 3.06 bits per heavy atom. The van der Waals surface area contributed by atoms with Crippen LogP contribution >= 0.6 is 11.8 Å². The highest BCUT2D eigenvalue weighted by atomic mass is 32.2. The molecule has 1 atom stereocenters. The van der Waals surface area contributed by atoms with Crippen molar-refractivity contribution in [2.24, 2.45) is 0 Å². The molecule has 92 valence electrons. The molecule has 3 nitrogen and oxygen atoms in total. The Morgan fingerprint density at radius 1 is 1.35 bits per heavy atom. The lowest BCUT2D eigenvalue weighted by Crippen LogP contribution is -2.28. The van der Waals surface area contributed by atoms with Gasteiger partial charge < -0.3 is 14.8 Å². The van der Waals surface area contributed by atoms with Crippen molar-refractivity contribution in [2.45, 2.75) is 23.7 Å². The minimum absolute atomic E-state index is 0.356. The Hall–Kier alpha value is -0.870. The van der Waals surface area contributed by atoms with E-state index in [0.29, 0.717) is 12.7 Å². The van der Waals surface area contributed by atoms with Crippen molar-refractivity contribution in [2.75, 3.05) is 26.1 Å². The molecule has 0 spiro atoms. The van der Waals surface area contributed by atoms with Gasteiger partial charge in [-0.3, -0.25) is 0 Å². The average molecular weight is 251 g/mol. The largest absolute Gasteiger partial charge is 0.454 e. The third kappa shape index (κ3) is 2.00. The highest BCUT2D eigenvalue weighted by Crippen LogP contribution is 2.45. The predicted octanol–water partition coefficient (Wildman–Crippen LogP) is 2.60. The maximum atomic E-state index is 5.59. The van der Waals surface area contributed by atoms with Crippen LogP contribution < -0.4 is 14.8 Å².